The Kier molecular flexibility index (Phi) is 1.29. The van der Waals surface area contributed by atoms with Crippen LogP contribution in [0.25, 0.3) is 0 Å². The van der Waals surface area contributed by atoms with Gasteiger partial charge in [0.15, 0.2) is 9.84 Å². The molecule has 1 aliphatic rings. The minimum Gasteiger partial charge on any atom is -0.368 e. The van der Waals surface area contributed by atoms with Crippen molar-refractivity contribution in [3.05, 3.63) is 0 Å². The number of nitrogens with two attached hydrogens (primary N) is 1. The molecule has 0 spiro atoms. The highest BCUT2D eigenvalue weighted by Gasteiger charge is 2.57. The first-order chi connectivity index (χ1) is 4.40. The molecule has 0 heterocycles. The summed E-state index contributed by atoms with van der Waals surface area (Å²) in [6, 6.07) is 0. The van der Waals surface area contributed by atoms with Crippen molar-refractivity contribution in [2.24, 2.45) is 5.73 Å². The van der Waals surface area contributed by atoms with E-state index in [0.29, 0.717) is 12.8 Å². The van der Waals surface area contributed by atoms with Crippen LogP contribution < -0.4 is 5.73 Å². The molecule has 0 aliphatic heterocycles. The van der Waals surface area contributed by atoms with Crippen LogP contribution in [0.3, 0.4) is 0 Å². The van der Waals surface area contributed by atoms with Gasteiger partial charge in [0.1, 0.15) is 4.75 Å². The van der Waals surface area contributed by atoms with Crippen molar-refractivity contribution in [2.45, 2.75) is 17.6 Å². The van der Waals surface area contributed by atoms with Gasteiger partial charge in [-0.25, -0.2) is 8.42 Å². The largest absolute Gasteiger partial charge is 0.368 e. The van der Waals surface area contributed by atoms with Gasteiger partial charge >= 0.3 is 0 Å². The van der Waals surface area contributed by atoms with Crippen molar-refractivity contribution in [1.82, 2.24) is 0 Å². The summed E-state index contributed by atoms with van der Waals surface area (Å²) in [7, 11) is -3.27. The molecule has 0 atom stereocenters. The summed E-state index contributed by atoms with van der Waals surface area (Å²) in [6.45, 7) is 0. The third-order valence-electron chi connectivity index (χ3n) is 1.86. The molecule has 2 N–H and O–H groups in total. The average Bonchev–Trinajstić information content (AvgIpc) is 2.36. The van der Waals surface area contributed by atoms with Gasteiger partial charge < -0.3 is 5.73 Å². The van der Waals surface area contributed by atoms with Crippen molar-refractivity contribution in [3.8, 4) is 0 Å². The molecule has 4 nitrogen and oxygen atoms in total. The van der Waals surface area contributed by atoms with E-state index in [0.717, 1.165) is 6.26 Å². The number of hydrogen-bond donors (Lipinski definition) is 1. The Morgan fingerprint density at radius 3 is 1.90 bits per heavy atom. The Labute approximate surface area is 59.3 Å². The molecular formula is C5H9NO3S. The van der Waals surface area contributed by atoms with Gasteiger partial charge in [-0.15, -0.1) is 0 Å². The maximum absolute atomic E-state index is 10.9. The van der Waals surface area contributed by atoms with Crippen LogP contribution in [0, 0.1) is 0 Å². The first kappa shape index (κ1) is 7.53. The SMILES string of the molecule is CS(=O)(=O)C1(C(N)=O)CC1. The summed E-state index contributed by atoms with van der Waals surface area (Å²) in [5.74, 6) is -0.713. The lowest BCUT2D eigenvalue weighted by Crippen LogP contribution is -2.37. The van der Waals surface area contributed by atoms with Crippen LogP contribution in [0.15, 0.2) is 0 Å². The molecule has 1 aliphatic carbocycles. The number of carbonyl (C=O) groups excluding carboxylic acids is 1. The van der Waals surface area contributed by atoms with E-state index < -0.39 is 20.5 Å². The summed E-state index contributed by atoms with van der Waals surface area (Å²) >= 11 is 0. The van der Waals surface area contributed by atoms with E-state index in [1.165, 1.54) is 0 Å². The second-order valence-corrected chi connectivity index (χ2v) is 4.96. The second-order valence-electron chi connectivity index (χ2n) is 2.63. The number of primary amides is 1. The smallest absolute Gasteiger partial charge is 0.238 e. The van der Waals surface area contributed by atoms with Crippen molar-refractivity contribution in [2.75, 3.05) is 6.26 Å². The lowest BCUT2D eigenvalue weighted by molar-refractivity contribution is -0.118. The Morgan fingerprint density at radius 2 is 1.90 bits per heavy atom. The molecule has 1 rings (SSSR count). The molecule has 0 radical (unpaired) electrons. The molecular weight excluding hydrogens is 154 g/mol. The molecule has 0 unspecified atom stereocenters. The van der Waals surface area contributed by atoms with Crippen LogP contribution in [-0.2, 0) is 14.6 Å². The average molecular weight is 163 g/mol. The molecule has 5 heteroatoms. The van der Waals surface area contributed by atoms with Crippen molar-refractivity contribution < 1.29 is 13.2 Å². The molecule has 1 fully saturated rings. The first-order valence-electron chi connectivity index (χ1n) is 2.90. The highest BCUT2D eigenvalue weighted by Crippen LogP contribution is 2.42. The Hall–Kier alpha value is -0.580. The van der Waals surface area contributed by atoms with E-state index >= 15 is 0 Å². The van der Waals surface area contributed by atoms with Crippen molar-refractivity contribution in [1.29, 1.82) is 0 Å². The zero-order valence-corrected chi connectivity index (χ0v) is 6.44. The summed E-state index contributed by atoms with van der Waals surface area (Å²) in [5.41, 5.74) is 4.90. The lowest BCUT2D eigenvalue weighted by Gasteiger charge is -2.05. The van der Waals surface area contributed by atoms with Gasteiger partial charge in [0.25, 0.3) is 0 Å². The van der Waals surface area contributed by atoms with Crippen molar-refractivity contribution >= 4 is 15.7 Å². The molecule has 10 heavy (non-hydrogen) atoms. The normalized spacial score (nSPS) is 22.1. The standard InChI is InChI=1S/C5H9NO3S/c1-10(8,9)5(2-3-5)4(6)7/h2-3H2,1H3,(H2,6,7). The van der Waals surface area contributed by atoms with Gasteiger partial charge in [-0.2, -0.15) is 0 Å². The number of amides is 1. The van der Waals surface area contributed by atoms with Gasteiger partial charge in [0.2, 0.25) is 5.91 Å². The molecule has 0 aromatic rings. The van der Waals surface area contributed by atoms with Crippen LogP contribution in [0.4, 0.5) is 0 Å². The van der Waals surface area contributed by atoms with E-state index in [4.69, 9.17) is 5.73 Å². The lowest BCUT2D eigenvalue weighted by atomic mass is 10.4. The maximum atomic E-state index is 10.9. The first-order valence-corrected chi connectivity index (χ1v) is 4.79. The Bertz CT molecular complexity index is 263. The predicted molar refractivity (Wildman–Crippen MR) is 36.0 cm³/mol. The van der Waals surface area contributed by atoms with Crippen molar-refractivity contribution in [3.63, 3.8) is 0 Å². The molecule has 1 amide bonds. The van der Waals surface area contributed by atoms with Gasteiger partial charge in [-0.1, -0.05) is 0 Å². The minimum atomic E-state index is -3.27. The monoisotopic (exact) mass is 163 g/mol. The summed E-state index contributed by atoms with van der Waals surface area (Å²) < 4.78 is 20.5. The summed E-state index contributed by atoms with van der Waals surface area (Å²) in [5, 5.41) is 0. The third-order valence-corrected chi connectivity index (χ3v) is 3.89. The molecule has 0 bridgehead atoms. The van der Waals surface area contributed by atoms with Gasteiger partial charge in [-0.05, 0) is 12.8 Å². The fraction of sp³-hybridized carbons (Fsp3) is 0.800. The van der Waals surface area contributed by atoms with Crippen LogP contribution in [0.2, 0.25) is 0 Å². The summed E-state index contributed by atoms with van der Waals surface area (Å²) in [6.07, 6.45) is 1.83. The highest BCUT2D eigenvalue weighted by molar-refractivity contribution is 7.93. The third kappa shape index (κ3) is 0.811. The van der Waals surface area contributed by atoms with Gasteiger partial charge in [-0.3, -0.25) is 4.79 Å². The van der Waals surface area contributed by atoms with Gasteiger partial charge in [0.05, 0.1) is 0 Å². The molecule has 1 saturated carbocycles. The van der Waals surface area contributed by atoms with Crippen LogP contribution in [0.5, 0.6) is 0 Å². The fourth-order valence-electron chi connectivity index (χ4n) is 0.913. The Balaban J connectivity index is 3.02. The van der Waals surface area contributed by atoms with Crippen LogP contribution in [0.1, 0.15) is 12.8 Å². The quantitative estimate of drug-likeness (QED) is 0.570. The predicted octanol–water partition coefficient (Wildman–Crippen LogP) is -0.951. The molecule has 0 aromatic carbocycles. The van der Waals surface area contributed by atoms with E-state index in [1.54, 1.807) is 0 Å². The minimum absolute atomic E-state index is 0.390. The second kappa shape index (κ2) is 1.72. The van der Waals surface area contributed by atoms with Gasteiger partial charge in [0, 0.05) is 6.26 Å². The topological polar surface area (TPSA) is 77.2 Å². The molecule has 58 valence electrons. The van der Waals surface area contributed by atoms with Crippen LogP contribution in [-0.4, -0.2) is 25.3 Å². The van der Waals surface area contributed by atoms with E-state index in [9.17, 15) is 13.2 Å². The zero-order valence-electron chi connectivity index (χ0n) is 5.62. The molecule has 0 aromatic heterocycles. The number of rotatable bonds is 2. The maximum Gasteiger partial charge on any atom is 0.238 e. The van der Waals surface area contributed by atoms with Crippen LogP contribution >= 0.6 is 0 Å². The van der Waals surface area contributed by atoms with E-state index in [-0.39, 0.29) is 0 Å². The Morgan fingerprint density at radius 1 is 1.50 bits per heavy atom. The number of sulfone groups is 1. The number of hydrogen-bond acceptors (Lipinski definition) is 3. The molecule has 0 saturated heterocycles. The zero-order chi connectivity index (χ0) is 7.99. The van der Waals surface area contributed by atoms with E-state index in [2.05, 4.69) is 0 Å². The number of carbonyl (C=O) groups is 1. The highest BCUT2D eigenvalue weighted by atomic mass is 32.2. The van der Waals surface area contributed by atoms with E-state index in [1.807, 2.05) is 0 Å². The summed E-state index contributed by atoms with van der Waals surface area (Å²) in [4.78, 5) is 10.6. The fourth-order valence-corrected chi connectivity index (χ4v) is 2.12.